The van der Waals surface area contributed by atoms with Crippen molar-refractivity contribution in [3.8, 4) is 11.5 Å². The molecule has 1 aliphatic heterocycles. The zero-order valence-electron chi connectivity index (χ0n) is 9.55. The van der Waals surface area contributed by atoms with Gasteiger partial charge in [0, 0.05) is 11.1 Å². The Hall–Kier alpha value is -1.15. The highest BCUT2D eigenvalue weighted by atomic mass is 35.5. The predicted molar refractivity (Wildman–Crippen MR) is 65.3 cm³/mol. The minimum Gasteiger partial charge on any atom is -0.454 e. The van der Waals surface area contributed by atoms with E-state index in [1.807, 2.05) is 12.1 Å². The summed E-state index contributed by atoms with van der Waals surface area (Å²) in [7, 11) is 0. The highest BCUT2D eigenvalue weighted by Crippen LogP contribution is 2.37. The molecule has 0 N–H and O–H groups in total. The Morgan fingerprint density at radius 2 is 2.00 bits per heavy atom. The van der Waals surface area contributed by atoms with Crippen LogP contribution in [0.1, 0.15) is 25.8 Å². The van der Waals surface area contributed by atoms with Gasteiger partial charge in [-0.15, -0.1) is 0 Å². The molecule has 0 aromatic heterocycles. The van der Waals surface area contributed by atoms with Crippen molar-refractivity contribution in [3.05, 3.63) is 34.4 Å². The summed E-state index contributed by atoms with van der Waals surface area (Å²) in [6.07, 6.45) is 4.14. The standard InChI is InChI=1S/C13H15ClO2/c1-9(2)4-3-5-10-6-12-13(7-11(10)14)16-8-15-12/h4,6-7H,3,5,8H2,1-2H3. The number of halogens is 1. The second-order valence-corrected chi connectivity index (χ2v) is 4.52. The van der Waals surface area contributed by atoms with Crippen LogP contribution in [-0.2, 0) is 6.42 Å². The number of ether oxygens (including phenoxy) is 2. The van der Waals surface area contributed by atoms with Crippen molar-refractivity contribution in [2.45, 2.75) is 26.7 Å². The van der Waals surface area contributed by atoms with Gasteiger partial charge in [-0.2, -0.15) is 0 Å². The Morgan fingerprint density at radius 3 is 2.69 bits per heavy atom. The second-order valence-electron chi connectivity index (χ2n) is 4.12. The van der Waals surface area contributed by atoms with Crippen LogP contribution in [0.5, 0.6) is 11.5 Å². The van der Waals surface area contributed by atoms with Crippen molar-refractivity contribution in [3.63, 3.8) is 0 Å². The highest BCUT2D eigenvalue weighted by molar-refractivity contribution is 6.31. The Bertz CT molecular complexity index is 420. The van der Waals surface area contributed by atoms with E-state index in [9.17, 15) is 0 Å². The van der Waals surface area contributed by atoms with Gasteiger partial charge in [0.05, 0.1) is 0 Å². The zero-order chi connectivity index (χ0) is 11.5. The van der Waals surface area contributed by atoms with E-state index < -0.39 is 0 Å². The molecule has 0 radical (unpaired) electrons. The van der Waals surface area contributed by atoms with E-state index in [4.69, 9.17) is 21.1 Å². The van der Waals surface area contributed by atoms with Crippen molar-refractivity contribution in [2.24, 2.45) is 0 Å². The SMILES string of the molecule is CC(C)=CCCc1cc2c(cc1Cl)OCO2. The molecule has 1 aromatic rings. The number of fused-ring (bicyclic) bond motifs is 1. The van der Waals surface area contributed by atoms with Gasteiger partial charge in [0.15, 0.2) is 11.5 Å². The lowest BCUT2D eigenvalue weighted by atomic mass is 10.1. The molecule has 0 atom stereocenters. The van der Waals surface area contributed by atoms with Gasteiger partial charge in [0.25, 0.3) is 0 Å². The molecule has 3 heteroatoms. The van der Waals surface area contributed by atoms with Crippen molar-refractivity contribution in [1.29, 1.82) is 0 Å². The maximum Gasteiger partial charge on any atom is 0.231 e. The fourth-order valence-corrected chi connectivity index (χ4v) is 1.92. The Kier molecular flexibility index (Phi) is 3.39. The lowest BCUT2D eigenvalue weighted by Gasteiger charge is -2.04. The smallest absolute Gasteiger partial charge is 0.231 e. The molecule has 1 heterocycles. The summed E-state index contributed by atoms with van der Waals surface area (Å²) in [4.78, 5) is 0. The summed E-state index contributed by atoms with van der Waals surface area (Å²) < 4.78 is 10.6. The molecule has 0 unspecified atom stereocenters. The van der Waals surface area contributed by atoms with E-state index in [1.54, 1.807) is 0 Å². The molecule has 1 aromatic carbocycles. The summed E-state index contributed by atoms with van der Waals surface area (Å²) in [5, 5.41) is 0.756. The lowest BCUT2D eigenvalue weighted by Crippen LogP contribution is -1.92. The minimum atomic E-state index is 0.295. The van der Waals surface area contributed by atoms with E-state index in [2.05, 4.69) is 19.9 Å². The zero-order valence-corrected chi connectivity index (χ0v) is 10.3. The fraction of sp³-hybridized carbons (Fsp3) is 0.385. The van der Waals surface area contributed by atoms with Gasteiger partial charge >= 0.3 is 0 Å². The minimum absolute atomic E-state index is 0.295. The van der Waals surface area contributed by atoms with Crippen LogP contribution in [0.4, 0.5) is 0 Å². The Labute approximate surface area is 101 Å². The van der Waals surface area contributed by atoms with Gasteiger partial charge in [-0.1, -0.05) is 23.3 Å². The van der Waals surface area contributed by atoms with Crippen molar-refractivity contribution < 1.29 is 9.47 Å². The molecule has 0 fully saturated rings. The molecular formula is C13H15ClO2. The first-order chi connectivity index (χ1) is 7.66. The quantitative estimate of drug-likeness (QED) is 0.742. The average molecular weight is 239 g/mol. The van der Waals surface area contributed by atoms with Crippen LogP contribution in [0.2, 0.25) is 5.02 Å². The topological polar surface area (TPSA) is 18.5 Å². The summed E-state index contributed by atoms with van der Waals surface area (Å²) >= 11 is 6.17. The molecule has 0 amide bonds. The van der Waals surface area contributed by atoms with Crippen LogP contribution in [0.25, 0.3) is 0 Å². The van der Waals surface area contributed by atoms with Crippen molar-refractivity contribution in [2.75, 3.05) is 6.79 Å². The molecule has 2 nitrogen and oxygen atoms in total. The van der Waals surface area contributed by atoms with E-state index in [0.29, 0.717) is 6.79 Å². The maximum atomic E-state index is 6.17. The van der Waals surface area contributed by atoms with Crippen LogP contribution >= 0.6 is 11.6 Å². The number of hydrogen-bond acceptors (Lipinski definition) is 2. The number of aryl methyl sites for hydroxylation is 1. The van der Waals surface area contributed by atoms with Gasteiger partial charge in [-0.25, -0.2) is 0 Å². The summed E-state index contributed by atoms with van der Waals surface area (Å²) in [6.45, 7) is 4.49. The summed E-state index contributed by atoms with van der Waals surface area (Å²) in [6, 6.07) is 3.81. The number of rotatable bonds is 3. The van der Waals surface area contributed by atoms with Gasteiger partial charge in [-0.3, -0.25) is 0 Å². The summed E-state index contributed by atoms with van der Waals surface area (Å²) in [5.74, 6) is 1.55. The molecule has 86 valence electrons. The molecule has 1 aliphatic rings. The van der Waals surface area contributed by atoms with E-state index in [0.717, 1.165) is 34.9 Å². The first-order valence-corrected chi connectivity index (χ1v) is 5.76. The van der Waals surface area contributed by atoms with Crippen molar-refractivity contribution in [1.82, 2.24) is 0 Å². The van der Waals surface area contributed by atoms with Gasteiger partial charge in [0.1, 0.15) is 0 Å². The van der Waals surface area contributed by atoms with Crippen LogP contribution in [0.15, 0.2) is 23.8 Å². The van der Waals surface area contributed by atoms with E-state index in [-0.39, 0.29) is 0 Å². The largest absolute Gasteiger partial charge is 0.454 e. The molecule has 0 saturated heterocycles. The summed E-state index contributed by atoms with van der Waals surface area (Å²) in [5.41, 5.74) is 2.44. The highest BCUT2D eigenvalue weighted by Gasteiger charge is 2.15. The fourth-order valence-electron chi connectivity index (χ4n) is 1.67. The first-order valence-electron chi connectivity index (χ1n) is 5.38. The number of allylic oxidation sites excluding steroid dienone is 2. The van der Waals surface area contributed by atoms with Gasteiger partial charge in [0.2, 0.25) is 6.79 Å². The third kappa shape index (κ3) is 2.50. The molecule has 16 heavy (non-hydrogen) atoms. The Morgan fingerprint density at radius 1 is 1.31 bits per heavy atom. The predicted octanol–water partition coefficient (Wildman–Crippen LogP) is 3.97. The van der Waals surface area contributed by atoms with Crippen LogP contribution in [0.3, 0.4) is 0 Å². The van der Waals surface area contributed by atoms with Gasteiger partial charge < -0.3 is 9.47 Å². The monoisotopic (exact) mass is 238 g/mol. The third-order valence-corrected chi connectivity index (χ3v) is 2.86. The average Bonchev–Trinajstić information content (AvgIpc) is 2.64. The van der Waals surface area contributed by atoms with E-state index >= 15 is 0 Å². The number of benzene rings is 1. The van der Waals surface area contributed by atoms with Crippen molar-refractivity contribution >= 4 is 11.6 Å². The van der Waals surface area contributed by atoms with Crippen LogP contribution in [-0.4, -0.2) is 6.79 Å². The van der Waals surface area contributed by atoms with Crippen LogP contribution in [0, 0.1) is 0 Å². The molecule has 2 rings (SSSR count). The first kappa shape index (κ1) is 11.3. The lowest BCUT2D eigenvalue weighted by molar-refractivity contribution is 0.174. The molecular weight excluding hydrogens is 224 g/mol. The normalized spacial score (nSPS) is 12.7. The second kappa shape index (κ2) is 4.79. The molecule has 0 spiro atoms. The molecule has 0 bridgehead atoms. The van der Waals surface area contributed by atoms with Crippen LogP contribution < -0.4 is 9.47 Å². The number of hydrogen-bond donors (Lipinski definition) is 0. The maximum absolute atomic E-state index is 6.17. The molecule has 0 aliphatic carbocycles. The van der Waals surface area contributed by atoms with Gasteiger partial charge in [-0.05, 0) is 38.3 Å². The van der Waals surface area contributed by atoms with E-state index in [1.165, 1.54) is 5.57 Å². The Balaban J connectivity index is 2.12. The molecule has 0 saturated carbocycles. The third-order valence-electron chi connectivity index (χ3n) is 2.51.